The first-order valence-corrected chi connectivity index (χ1v) is 7.98. The molecule has 0 aromatic heterocycles. The largest absolute Gasteiger partial charge is 0.398 e. The summed E-state index contributed by atoms with van der Waals surface area (Å²) in [7, 11) is 0. The third-order valence-electron chi connectivity index (χ3n) is 2.63. The zero-order valence-electron chi connectivity index (χ0n) is 11.2. The van der Waals surface area contributed by atoms with E-state index in [4.69, 9.17) is 0 Å². The molecule has 2 aromatic rings. The van der Waals surface area contributed by atoms with Crippen molar-refractivity contribution in [3.8, 4) is 0 Å². The van der Waals surface area contributed by atoms with Crippen molar-refractivity contribution in [2.45, 2.75) is 11.1 Å². The van der Waals surface area contributed by atoms with Crippen LogP contribution in [-0.2, 0) is 0 Å². The average molecular weight is 390 g/mol. The molecule has 0 aliphatic rings. The summed E-state index contributed by atoms with van der Waals surface area (Å²) in [5.74, 6) is -1.37. The van der Waals surface area contributed by atoms with E-state index in [1.54, 1.807) is 48.5 Å². The highest BCUT2D eigenvalue weighted by molar-refractivity contribution is 9.10. The lowest BCUT2D eigenvalue weighted by Crippen LogP contribution is -2.13. The van der Waals surface area contributed by atoms with Crippen LogP contribution in [0, 0.1) is 0 Å². The van der Waals surface area contributed by atoms with E-state index in [1.807, 2.05) is 0 Å². The molecule has 116 valence electrons. The maximum atomic E-state index is 12.3. The van der Waals surface area contributed by atoms with Crippen LogP contribution in [0.25, 0.3) is 0 Å². The first kappa shape index (κ1) is 16.9. The van der Waals surface area contributed by atoms with Crippen molar-refractivity contribution in [1.29, 1.82) is 0 Å². The number of para-hydroxylation sites is 1. The van der Waals surface area contributed by atoms with Gasteiger partial charge in [-0.3, -0.25) is 4.79 Å². The maximum absolute atomic E-state index is 12.3. The van der Waals surface area contributed by atoms with Crippen LogP contribution in [-0.4, -0.2) is 17.8 Å². The fourth-order valence-electron chi connectivity index (χ4n) is 1.65. The molecule has 1 N–H and O–H groups in total. The summed E-state index contributed by atoms with van der Waals surface area (Å²) in [5.41, 5.74) is 0.795. The molecule has 2 aromatic carbocycles. The Morgan fingerprint density at radius 1 is 1.09 bits per heavy atom. The number of amides is 1. The molecule has 22 heavy (non-hydrogen) atoms. The molecular weight excluding hydrogens is 379 g/mol. The second-order valence-electron chi connectivity index (χ2n) is 4.36. The minimum absolute atomic E-state index is 0.365. The van der Waals surface area contributed by atoms with Gasteiger partial charge < -0.3 is 5.32 Å². The number of hydrogen-bond donors (Lipinski definition) is 1. The van der Waals surface area contributed by atoms with Crippen LogP contribution in [0.2, 0.25) is 0 Å². The number of rotatable bonds is 4. The summed E-state index contributed by atoms with van der Waals surface area (Å²) < 4.78 is 37.8. The molecule has 0 heterocycles. The summed E-state index contributed by atoms with van der Waals surface area (Å²) in [4.78, 5) is 12.5. The predicted octanol–water partition coefficient (Wildman–Crippen LogP) is 5.36. The molecule has 0 fully saturated rings. The van der Waals surface area contributed by atoms with Gasteiger partial charge in [0.25, 0.3) is 5.91 Å². The number of nitrogens with one attached hydrogen (secondary N) is 1. The molecule has 0 bridgehead atoms. The Morgan fingerprint density at radius 3 is 2.36 bits per heavy atom. The number of halogens is 4. The van der Waals surface area contributed by atoms with Gasteiger partial charge in [-0.25, -0.2) is 0 Å². The van der Waals surface area contributed by atoms with E-state index in [9.17, 15) is 18.0 Å². The second kappa shape index (κ2) is 7.19. The van der Waals surface area contributed by atoms with Gasteiger partial charge in [-0.2, -0.15) is 13.2 Å². The smallest absolute Gasteiger partial charge is 0.321 e. The summed E-state index contributed by atoms with van der Waals surface area (Å²) in [6, 6.07) is 13.1. The molecule has 0 radical (unpaired) electrons. The SMILES string of the molecule is O=C(Nc1ccccc1SCC(F)(F)F)c1ccc(Br)cc1. The van der Waals surface area contributed by atoms with Gasteiger partial charge in [-0.1, -0.05) is 28.1 Å². The molecule has 0 aliphatic carbocycles. The van der Waals surface area contributed by atoms with Crippen molar-refractivity contribution < 1.29 is 18.0 Å². The van der Waals surface area contributed by atoms with Gasteiger partial charge in [-0.15, -0.1) is 11.8 Å². The quantitative estimate of drug-likeness (QED) is 0.713. The van der Waals surface area contributed by atoms with Crippen LogP contribution in [0.5, 0.6) is 0 Å². The van der Waals surface area contributed by atoms with E-state index < -0.39 is 11.9 Å². The van der Waals surface area contributed by atoms with E-state index in [0.29, 0.717) is 27.9 Å². The highest BCUT2D eigenvalue weighted by Gasteiger charge is 2.27. The number of hydrogen-bond acceptors (Lipinski definition) is 2. The predicted molar refractivity (Wildman–Crippen MR) is 85.3 cm³/mol. The van der Waals surface area contributed by atoms with Crippen molar-refractivity contribution in [3.63, 3.8) is 0 Å². The topological polar surface area (TPSA) is 29.1 Å². The van der Waals surface area contributed by atoms with Gasteiger partial charge in [0, 0.05) is 14.9 Å². The van der Waals surface area contributed by atoms with Crippen LogP contribution in [0.4, 0.5) is 18.9 Å². The van der Waals surface area contributed by atoms with Crippen LogP contribution >= 0.6 is 27.7 Å². The Bertz CT molecular complexity index is 659. The zero-order valence-corrected chi connectivity index (χ0v) is 13.6. The fourth-order valence-corrected chi connectivity index (χ4v) is 2.68. The second-order valence-corrected chi connectivity index (χ2v) is 6.29. The first-order valence-electron chi connectivity index (χ1n) is 6.21. The van der Waals surface area contributed by atoms with E-state index in [1.165, 1.54) is 0 Å². The highest BCUT2D eigenvalue weighted by Crippen LogP contribution is 2.32. The normalized spacial score (nSPS) is 11.3. The van der Waals surface area contributed by atoms with Crippen LogP contribution in [0.3, 0.4) is 0 Å². The number of benzene rings is 2. The van der Waals surface area contributed by atoms with Crippen LogP contribution in [0.15, 0.2) is 57.9 Å². The third kappa shape index (κ3) is 5.06. The molecule has 1 amide bonds. The van der Waals surface area contributed by atoms with E-state index in [2.05, 4.69) is 21.2 Å². The van der Waals surface area contributed by atoms with Crippen molar-refractivity contribution in [2.24, 2.45) is 0 Å². The van der Waals surface area contributed by atoms with Gasteiger partial charge in [0.2, 0.25) is 0 Å². The zero-order chi connectivity index (χ0) is 16.2. The Balaban J connectivity index is 2.12. The Kier molecular flexibility index (Phi) is 5.52. The number of alkyl halides is 3. The summed E-state index contributed by atoms with van der Waals surface area (Å²) in [5, 5.41) is 2.64. The molecule has 0 aliphatic heterocycles. The van der Waals surface area contributed by atoms with Crippen molar-refractivity contribution in [1.82, 2.24) is 0 Å². The monoisotopic (exact) mass is 389 g/mol. The number of carbonyl (C=O) groups is 1. The summed E-state index contributed by atoms with van der Waals surface area (Å²) in [6.07, 6.45) is -4.26. The van der Waals surface area contributed by atoms with Gasteiger partial charge in [0.15, 0.2) is 0 Å². The number of carbonyl (C=O) groups excluding carboxylic acids is 1. The fraction of sp³-hybridized carbons (Fsp3) is 0.133. The lowest BCUT2D eigenvalue weighted by atomic mass is 10.2. The molecule has 2 rings (SSSR count). The molecule has 0 saturated carbocycles. The lowest BCUT2D eigenvalue weighted by Gasteiger charge is -2.12. The Morgan fingerprint density at radius 2 is 1.73 bits per heavy atom. The third-order valence-corrected chi connectivity index (χ3v) is 4.30. The average Bonchev–Trinajstić information content (AvgIpc) is 2.46. The Labute approximate surface area is 138 Å². The summed E-state index contributed by atoms with van der Waals surface area (Å²) in [6.45, 7) is 0. The van der Waals surface area contributed by atoms with E-state index in [-0.39, 0.29) is 5.91 Å². The molecule has 7 heteroatoms. The van der Waals surface area contributed by atoms with Gasteiger partial charge in [-0.05, 0) is 36.4 Å². The first-order chi connectivity index (χ1) is 10.3. The van der Waals surface area contributed by atoms with Gasteiger partial charge in [0.1, 0.15) is 0 Å². The lowest BCUT2D eigenvalue weighted by molar-refractivity contribution is -0.105. The molecular formula is C15H11BrF3NOS. The minimum atomic E-state index is -4.26. The van der Waals surface area contributed by atoms with Crippen LogP contribution in [0.1, 0.15) is 10.4 Å². The Hall–Kier alpha value is -1.47. The minimum Gasteiger partial charge on any atom is -0.321 e. The number of thioether (sulfide) groups is 1. The summed E-state index contributed by atoms with van der Waals surface area (Å²) >= 11 is 3.92. The van der Waals surface area contributed by atoms with Gasteiger partial charge in [0.05, 0.1) is 11.4 Å². The van der Waals surface area contributed by atoms with Crippen molar-refractivity contribution in [2.75, 3.05) is 11.1 Å². The number of anilines is 1. The molecule has 0 saturated heterocycles. The van der Waals surface area contributed by atoms with E-state index >= 15 is 0 Å². The van der Waals surface area contributed by atoms with Crippen LogP contribution < -0.4 is 5.32 Å². The van der Waals surface area contributed by atoms with Crippen molar-refractivity contribution >= 4 is 39.3 Å². The standard InChI is InChI=1S/C15H11BrF3NOS/c16-11-7-5-10(6-8-11)14(21)20-12-3-1-2-4-13(12)22-9-15(17,18)19/h1-8H,9H2,(H,20,21). The maximum Gasteiger partial charge on any atom is 0.398 e. The molecule has 0 spiro atoms. The van der Waals surface area contributed by atoms with Gasteiger partial charge >= 0.3 is 6.18 Å². The van der Waals surface area contributed by atoms with Crippen molar-refractivity contribution in [3.05, 3.63) is 58.6 Å². The van der Waals surface area contributed by atoms with E-state index in [0.717, 1.165) is 4.47 Å². The molecule has 2 nitrogen and oxygen atoms in total. The molecule has 0 atom stereocenters. The molecule has 0 unspecified atom stereocenters. The highest BCUT2D eigenvalue weighted by atomic mass is 79.9.